The summed E-state index contributed by atoms with van der Waals surface area (Å²) in [6.07, 6.45) is 6.87. The van der Waals surface area contributed by atoms with Crippen LogP contribution in [0.4, 0.5) is 0 Å². The molecule has 1 saturated heterocycles. The molecule has 2 aliphatic rings. The molecule has 4 nitrogen and oxygen atoms in total. The van der Waals surface area contributed by atoms with Gasteiger partial charge in [-0.15, -0.1) is 0 Å². The van der Waals surface area contributed by atoms with E-state index in [9.17, 15) is 0 Å². The van der Waals surface area contributed by atoms with Crippen molar-refractivity contribution in [3.63, 3.8) is 0 Å². The number of ether oxygens (including phenoxy) is 1. The lowest BCUT2D eigenvalue weighted by Crippen LogP contribution is -2.49. The Morgan fingerprint density at radius 3 is 2.32 bits per heavy atom. The van der Waals surface area contributed by atoms with E-state index in [4.69, 9.17) is 4.74 Å². The second-order valence-corrected chi connectivity index (χ2v) is 8.62. The summed E-state index contributed by atoms with van der Waals surface area (Å²) in [5.74, 6) is 1.64. The van der Waals surface area contributed by atoms with Gasteiger partial charge in [0.05, 0.1) is 12.7 Å². The van der Waals surface area contributed by atoms with Gasteiger partial charge in [-0.1, -0.05) is 40.5 Å². The van der Waals surface area contributed by atoms with E-state index >= 15 is 0 Å². The first-order valence-corrected chi connectivity index (χ1v) is 10.9. The van der Waals surface area contributed by atoms with Crippen molar-refractivity contribution in [3.8, 4) is 0 Å². The second kappa shape index (κ2) is 11.5. The predicted molar refractivity (Wildman–Crippen MR) is 107 cm³/mol. The third-order valence-corrected chi connectivity index (χ3v) is 6.12. The number of rotatable bonds is 12. The molecular formula is C21H43N3O. The Bertz CT molecular complexity index is 338. The molecule has 0 aromatic carbocycles. The SMILES string of the molecule is CCCC(C)CN1CCN(CCOC2CC(NCC(C)CC)C2)CC1. The molecule has 0 amide bonds. The molecule has 0 spiro atoms. The zero-order chi connectivity index (χ0) is 18.1. The normalized spacial score (nSPS) is 27.8. The molecule has 1 N–H and O–H groups in total. The van der Waals surface area contributed by atoms with Crippen molar-refractivity contribution < 1.29 is 4.74 Å². The molecule has 2 rings (SSSR count). The quantitative estimate of drug-likeness (QED) is 0.583. The highest BCUT2D eigenvalue weighted by Crippen LogP contribution is 2.23. The number of nitrogens with zero attached hydrogens (tertiary/aromatic N) is 2. The van der Waals surface area contributed by atoms with Gasteiger partial charge < -0.3 is 15.0 Å². The summed E-state index contributed by atoms with van der Waals surface area (Å²) in [7, 11) is 0. The summed E-state index contributed by atoms with van der Waals surface area (Å²) in [6, 6.07) is 0.702. The van der Waals surface area contributed by atoms with Gasteiger partial charge in [0, 0.05) is 45.3 Å². The maximum Gasteiger partial charge on any atom is 0.0605 e. The molecule has 25 heavy (non-hydrogen) atoms. The molecule has 0 aromatic heterocycles. The van der Waals surface area contributed by atoms with Crippen molar-refractivity contribution in [2.45, 2.75) is 71.9 Å². The second-order valence-electron chi connectivity index (χ2n) is 8.62. The standard InChI is InChI=1S/C21H43N3O/c1-5-7-19(4)17-24-10-8-23(9-11-24)12-13-25-21-14-20(15-21)22-16-18(3)6-2/h18-22H,5-17H2,1-4H3. The lowest BCUT2D eigenvalue weighted by molar-refractivity contribution is -0.0285. The minimum absolute atomic E-state index is 0.505. The molecule has 1 heterocycles. The van der Waals surface area contributed by atoms with E-state index < -0.39 is 0 Å². The van der Waals surface area contributed by atoms with Crippen LogP contribution in [0.3, 0.4) is 0 Å². The van der Waals surface area contributed by atoms with Crippen LogP contribution in [0, 0.1) is 11.8 Å². The Morgan fingerprint density at radius 2 is 1.68 bits per heavy atom. The molecule has 0 aromatic rings. The molecule has 0 bridgehead atoms. The van der Waals surface area contributed by atoms with Gasteiger partial charge in [-0.3, -0.25) is 4.90 Å². The molecule has 1 aliphatic heterocycles. The van der Waals surface area contributed by atoms with Crippen LogP contribution < -0.4 is 5.32 Å². The van der Waals surface area contributed by atoms with Gasteiger partial charge >= 0.3 is 0 Å². The van der Waals surface area contributed by atoms with E-state index in [2.05, 4.69) is 42.8 Å². The number of nitrogens with one attached hydrogen (secondary N) is 1. The summed E-state index contributed by atoms with van der Waals surface area (Å²) < 4.78 is 6.07. The Balaban J connectivity index is 1.45. The number of hydrogen-bond donors (Lipinski definition) is 1. The highest BCUT2D eigenvalue weighted by atomic mass is 16.5. The van der Waals surface area contributed by atoms with E-state index in [0.717, 1.165) is 31.5 Å². The van der Waals surface area contributed by atoms with Crippen LogP contribution in [0.25, 0.3) is 0 Å². The molecule has 0 radical (unpaired) electrons. The fourth-order valence-electron chi connectivity index (χ4n) is 3.95. The summed E-state index contributed by atoms with van der Waals surface area (Å²) in [5, 5.41) is 3.67. The van der Waals surface area contributed by atoms with Crippen molar-refractivity contribution in [2.24, 2.45) is 11.8 Å². The Morgan fingerprint density at radius 1 is 1.00 bits per heavy atom. The molecule has 4 heteroatoms. The number of piperazine rings is 1. The van der Waals surface area contributed by atoms with Gasteiger partial charge in [0.25, 0.3) is 0 Å². The minimum Gasteiger partial charge on any atom is -0.377 e. The smallest absolute Gasteiger partial charge is 0.0605 e. The molecule has 1 aliphatic carbocycles. The van der Waals surface area contributed by atoms with E-state index in [1.54, 1.807) is 0 Å². The van der Waals surface area contributed by atoms with E-state index in [1.807, 2.05) is 0 Å². The van der Waals surface area contributed by atoms with Crippen LogP contribution >= 0.6 is 0 Å². The first-order valence-electron chi connectivity index (χ1n) is 10.9. The van der Waals surface area contributed by atoms with Crippen molar-refractivity contribution in [2.75, 3.05) is 52.4 Å². The molecule has 1 saturated carbocycles. The zero-order valence-corrected chi connectivity index (χ0v) is 17.3. The maximum atomic E-state index is 6.07. The third kappa shape index (κ3) is 7.94. The van der Waals surface area contributed by atoms with Gasteiger partial charge in [-0.05, 0) is 37.6 Å². The number of hydrogen-bond acceptors (Lipinski definition) is 4. The largest absolute Gasteiger partial charge is 0.377 e. The predicted octanol–water partition coefficient (Wildman–Crippen LogP) is 3.22. The average Bonchev–Trinajstić information content (AvgIpc) is 2.57. The highest BCUT2D eigenvalue weighted by Gasteiger charge is 2.29. The molecule has 2 atom stereocenters. The lowest BCUT2D eigenvalue weighted by atomic mass is 9.89. The third-order valence-electron chi connectivity index (χ3n) is 6.12. The van der Waals surface area contributed by atoms with E-state index in [1.165, 1.54) is 64.8 Å². The van der Waals surface area contributed by atoms with Crippen molar-refractivity contribution in [3.05, 3.63) is 0 Å². The van der Waals surface area contributed by atoms with Gasteiger partial charge in [0.2, 0.25) is 0 Å². The monoisotopic (exact) mass is 353 g/mol. The molecule has 148 valence electrons. The Labute approximate surface area is 156 Å². The fraction of sp³-hybridized carbons (Fsp3) is 1.00. The van der Waals surface area contributed by atoms with Gasteiger partial charge in [-0.25, -0.2) is 0 Å². The summed E-state index contributed by atoms with van der Waals surface area (Å²) >= 11 is 0. The Hall–Kier alpha value is -0.160. The molecule has 2 fully saturated rings. The molecule has 2 unspecified atom stereocenters. The van der Waals surface area contributed by atoms with Crippen LogP contribution in [-0.4, -0.2) is 74.4 Å². The Kier molecular flexibility index (Phi) is 9.75. The van der Waals surface area contributed by atoms with Crippen molar-refractivity contribution in [1.29, 1.82) is 0 Å². The van der Waals surface area contributed by atoms with E-state index in [0.29, 0.717) is 12.1 Å². The van der Waals surface area contributed by atoms with Crippen LogP contribution in [-0.2, 0) is 4.74 Å². The molecular weight excluding hydrogens is 310 g/mol. The van der Waals surface area contributed by atoms with Gasteiger partial charge in [0.15, 0.2) is 0 Å². The van der Waals surface area contributed by atoms with Crippen LogP contribution in [0.2, 0.25) is 0 Å². The first kappa shape index (κ1) is 21.1. The average molecular weight is 354 g/mol. The lowest BCUT2D eigenvalue weighted by Gasteiger charge is -2.38. The summed E-state index contributed by atoms with van der Waals surface area (Å²) in [4.78, 5) is 5.23. The first-order chi connectivity index (χ1) is 12.1. The summed E-state index contributed by atoms with van der Waals surface area (Å²) in [6.45, 7) is 18.6. The maximum absolute atomic E-state index is 6.07. The van der Waals surface area contributed by atoms with Crippen molar-refractivity contribution in [1.82, 2.24) is 15.1 Å². The minimum atomic E-state index is 0.505. The van der Waals surface area contributed by atoms with Crippen molar-refractivity contribution >= 4 is 0 Å². The van der Waals surface area contributed by atoms with Crippen LogP contribution in [0.15, 0.2) is 0 Å². The highest BCUT2D eigenvalue weighted by molar-refractivity contribution is 4.86. The zero-order valence-electron chi connectivity index (χ0n) is 17.3. The van der Waals surface area contributed by atoms with Crippen LogP contribution in [0.1, 0.15) is 59.8 Å². The van der Waals surface area contributed by atoms with E-state index in [-0.39, 0.29) is 0 Å². The van der Waals surface area contributed by atoms with Gasteiger partial charge in [-0.2, -0.15) is 0 Å². The van der Waals surface area contributed by atoms with Gasteiger partial charge in [0.1, 0.15) is 0 Å². The summed E-state index contributed by atoms with van der Waals surface area (Å²) in [5.41, 5.74) is 0. The van der Waals surface area contributed by atoms with Crippen LogP contribution in [0.5, 0.6) is 0 Å². The topological polar surface area (TPSA) is 27.7 Å². The fourth-order valence-corrected chi connectivity index (χ4v) is 3.95.